The lowest BCUT2D eigenvalue weighted by Gasteiger charge is -2.41. The number of benzene rings is 1. The van der Waals surface area contributed by atoms with Gasteiger partial charge in [-0.2, -0.15) is 0 Å². The van der Waals surface area contributed by atoms with Gasteiger partial charge in [-0.05, 0) is 31.2 Å². The topological polar surface area (TPSA) is 44.7 Å². The highest BCUT2D eigenvalue weighted by Crippen LogP contribution is 2.31. The van der Waals surface area contributed by atoms with E-state index >= 15 is 0 Å². The van der Waals surface area contributed by atoms with Gasteiger partial charge < -0.3 is 15.2 Å². The van der Waals surface area contributed by atoms with Gasteiger partial charge in [0.2, 0.25) is 0 Å². The molecular weight excluding hydrogens is 228 g/mol. The Hall–Kier alpha value is -1.26. The van der Waals surface area contributed by atoms with E-state index in [4.69, 9.17) is 4.74 Å². The largest absolute Gasteiger partial charge is 0.504 e. The third-order valence-electron chi connectivity index (χ3n) is 3.78. The molecule has 1 atom stereocenters. The molecule has 0 bridgehead atoms. The number of nitrogens with zero attached hydrogens (tertiary/aromatic N) is 1. The Balaban J connectivity index is 2.18. The van der Waals surface area contributed by atoms with Crippen LogP contribution in [-0.4, -0.2) is 42.8 Å². The van der Waals surface area contributed by atoms with E-state index in [1.54, 1.807) is 13.2 Å². The summed E-state index contributed by atoms with van der Waals surface area (Å²) in [5, 5.41) is 12.9. The lowest BCUT2D eigenvalue weighted by Crippen LogP contribution is -2.57. The summed E-state index contributed by atoms with van der Waals surface area (Å²) in [6, 6.07) is 6.55. The number of hydrogen-bond donors (Lipinski definition) is 2. The Kier molecular flexibility index (Phi) is 4.09. The van der Waals surface area contributed by atoms with Crippen molar-refractivity contribution in [3.8, 4) is 11.5 Å². The molecule has 1 aliphatic rings. The lowest BCUT2D eigenvalue weighted by molar-refractivity contribution is 0.109. The number of nitrogens with one attached hydrogen (secondary N) is 1. The zero-order chi connectivity index (χ0) is 13.1. The maximum Gasteiger partial charge on any atom is 0.160 e. The van der Waals surface area contributed by atoms with Crippen LogP contribution in [0.15, 0.2) is 18.2 Å². The predicted octanol–water partition coefficient (Wildman–Crippen LogP) is 1.76. The summed E-state index contributed by atoms with van der Waals surface area (Å²) in [5.74, 6) is 0.740. The van der Waals surface area contributed by atoms with E-state index < -0.39 is 0 Å². The number of rotatable bonds is 5. The van der Waals surface area contributed by atoms with Gasteiger partial charge >= 0.3 is 0 Å². The quantitative estimate of drug-likeness (QED) is 0.836. The summed E-state index contributed by atoms with van der Waals surface area (Å²) in [7, 11) is 1.58. The van der Waals surface area contributed by atoms with Crippen LogP contribution in [0.3, 0.4) is 0 Å². The molecule has 1 aromatic rings. The number of methoxy groups -OCH3 is 1. The molecule has 1 unspecified atom stereocenters. The highest BCUT2D eigenvalue weighted by Gasteiger charge is 2.27. The molecule has 4 nitrogen and oxygen atoms in total. The highest BCUT2D eigenvalue weighted by atomic mass is 16.5. The minimum absolute atomic E-state index is 0.196. The first-order valence-electron chi connectivity index (χ1n) is 6.50. The second kappa shape index (κ2) is 5.59. The van der Waals surface area contributed by atoms with Crippen LogP contribution in [-0.2, 0) is 0 Å². The lowest BCUT2D eigenvalue weighted by atomic mass is 10.0. The molecular formula is C14H22N2O2. The fourth-order valence-corrected chi connectivity index (χ4v) is 2.50. The number of phenolic OH excluding ortho intramolecular Hbond substituents is 1. The zero-order valence-electron chi connectivity index (χ0n) is 11.3. The number of aromatic hydroxyl groups is 1. The Morgan fingerprint density at radius 2 is 2.22 bits per heavy atom. The third kappa shape index (κ3) is 2.44. The number of phenols is 1. The standard InChI is InChI=1S/C14H22N2O2/c1-4-16(12-8-15-9-12)10(2)11-5-6-13(17)14(7-11)18-3/h5-7,10,12,15,17H,4,8-9H2,1-3H3. The van der Waals surface area contributed by atoms with E-state index in [-0.39, 0.29) is 5.75 Å². The van der Waals surface area contributed by atoms with Crippen molar-refractivity contribution in [2.75, 3.05) is 26.7 Å². The molecule has 1 fully saturated rings. The average molecular weight is 250 g/mol. The van der Waals surface area contributed by atoms with Gasteiger partial charge in [-0.15, -0.1) is 0 Å². The SMILES string of the molecule is CCN(C1CNC1)C(C)c1ccc(O)c(OC)c1. The molecule has 100 valence electrons. The van der Waals surface area contributed by atoms with E-state index in [0.29, 0.717) is 17.8 Å². The van der Waals surface area contributed by atoms with Crippen LogP contribution in [0.1, 0.15) is 25.5 Å². The van der Waals surface area contributed by atoms with Gasteiger partial charge in [-0.3, -0.25) is 4.90 Å². The molecule has 0 radical (unpaired) electrons. The van der Waals surface area contributed by atoms with Gasteiger partial charge in [0, 0.05) is 25.2 Å². The van der Waals surface area contributed by atoms with Gasteiger partial charge in [0.05, 0.1) is 7.11 Å². The van der Waals surface area contributed by atoms with Crippen LogP contribution in [0.4, 0.5) is 0 Å². The summed E-state index contributed by atoms with van der Waals surface area (Å²) >= 11 is 0. The first kappa shape index (κ1) is 13.2. The van der Waals surface area contributed by atoms with Gasteiger partial charge in [0.1, 0.15) is 0 Å². The van der Waals surface area contributed by atoms with Crippen molar-refractivity contribution in [1.82, 2.24) is 10.2 Å². The highest BCUT2D eigenvalue weighted by molar-refractivity contribution is 5.42. The van der Waals surface area contributed by atoms with Crippen LogP contribution in [0.5, 0.6) is 11.5 Å². The Morgan fingerprint density at radius 3 is 2.72 bits per heavy atom. The monoisotopic (exact) mass is 250 g/mol. The minimum atomic E-state index is 0.196. The van der Waals surface area contributed by atoms with E-state index in [9.17, 15) is 5.11 Å². The Bertz CT molecular complexity index is 405. The molecule has 0 amide bonds. The van der Waals surface area contributed by atoms with Crippen molar-refractivity contribution in [3.05, 3.63) is 23.8 Å². The van der Waals surface area contributed by atoms with Gasteiger partial charge in [-0.25, -0.2) is 0 Å². The Morgan fingerprint density at radius 1 is 1.50 bits per heavy atom. The molecule has 0 saturated carbocycles. The van der Waals surface area contributed by atoms with Crippen molar-refractivity contribution < 1.29 is 9.84 Å². The number of ether oxygens (including phenoxy) is 1. The molecule has 1 aromatic carbocycles. The predicted molar refractivity (Wildman–Crippen MR) is 72.1 cm³/mol. The van der Waals surface area contributed by atoms with Crippen molar-refractivity contribution in [1.29, 1.82) is 0 Å². The molecule has 4 heteroatoms. The van der Waals surface area contributed by atoms with E-state index in [1.807, 2.05) is 12.1 Å². The van der Waals surface area contributed by atoms with Crippen LogP contribution >= 0.6 is 0 Å². The molecule has 1 saturated heterocycles. The van der Waals surface area contributed by atoms with Crippen LogP contribution < -0.4 is 10.1 Å². The van der Waals surface area contributed by atoms with Crippen LogP contribution in [0.25, 0.3) is 0 Å². The van der Waals surface area contributed by atoms with Gasteiger partial charge in [0.25, 0.3) is 0 Å². The third-order valence-corrected chi connectivity index (χ3v) is 3.78. The maximum atomic E-state index is 9.63. The summed E-state index contributed by atoms with van der Waals surface area (Å²) in [5.41, 5.74) is 1.18. The van der Waals surface area contributed by atoms with Crippen LogP contribution in [0.2, 0.25) is 0 Å². The van der Waals surface area contributed by atoms with Crippen molar-refractivity contribution in [3.63, 3.8) is 0 Å². The fraction of sp³-hybridized carbons (Fsp3) is 0.571. The van der Waals surface area contributed by atoms with Crippen molar-refractivity contribution >= 4 is 0 Å². The minimum Gasteiger partial charge on any atom is -0.504 e. The molecule has 18 heavy (non-hydrogen) atoms. The normalized spacial score (nSPS) is 17.6. The van der Waals surface area contributed by atoms with Gasteiger partial charge in [-0.1, -0.05) is 13.0 Å². The van der Waals surface area contributed by atoms with Crippen molar-refractivity contribution in [2.24, 2.45) is 0 Å². The number of hydrogen-bond acceptors (Lipinski definition) is 4. The second-order valence-electron chi connectivity index (χ2n) is 4.75. The molecule has 1 aliphatic heterocycles. The first-order valence-corrected chi connectivity index (χ1v) is 6.50. The summed E-state index contributed by atoms with van der Waals surface area (Å²) in [4.78, 5) is 2.47. The van der Waals surface area contributed by atoms with Crippen molar-refractivity contribution in [2.45, 2.75) is 25.9 Å². The summed E-state index contributed by atoms with van der Waals surface area (Å²) in [6.07, 6.45) is 0. The molecule has 1 heterocycles. The smallest absolute Gasteiger partial charge is 0.160 e. The summed E-state index contributed by atoms with van der Waals surface area (Å²) < 4.78 is 5.17. The first-order chi connectivity index (χ1) is 8.67. The molecule has 0 aliphatic carbocycles. The van der Waals surface area contributed by atoms with Crippen LogP contribution in [0, 0.1) is 0 Å². The molecule has 2 rings (SSSR count). The van der Waals surface area contributed by atoms with Gasteiger partial charge in [0.15, 0.2) is 11.5 Å². The second-order valence-corrected chi connectivity index (χ2v) is 4.75. The Labute approximate surface area is 109 Å². The fourth-order valence-electron chi connectivity index (χ4n) is 2.50. The molecule has 2 N–H and O–H groups in total. The number of likely N-dealkylation sites (N-methyl/N-ethyl adjacent to an activating group) is 1. The summed E-state index contributed by atoms with van der Waals surface area (Å²) in [6.45, 7) is 7.54. The maximum absolute atomic E-state index is 9.63. The van der Waals surface area contributed by atoms with E-state index in [1.165, 1.54) is 5.56 Å². The average Bonchev–Trinajstić information content (AvgIpc) is 2.33. The zero-order valence-corrected chi connectivity index (χ0v) is 11.3. The van der Waals surface area contributed by atoms with E-state index in [2.05, 4.69) is 24.1 Å². The molecule has 0 spiro atoms. The van der Waals surface area contributed by atoms with E-state index in [0.717, 1.165) is 19.6 Å². The molecule has 0 aromatic heterocycles.